The van der Waals surface area contributed by atoms with E-state index in [0.717, 1.165) is 12.1 Å². The number of anilines is 1. The molecule has 0 aliphatic heterocycles. The van der Waals surface area contributed by atoms with Gasteiger partial charge in [0.1, 0.15) is 11.3 Å². The smallest absolute Gasteiger partial charge is 0.341 e. The molecule has 7 heteroatoms. The third-order valence-corrected chi connectivity index (χ3v) is 2.05. The first-order valence-corrected chi connectivity index (χ1v) is 5.07. The number of hydrogen-bond acceptors (Lipinski definition) is 5. The number of nitrogens with one attached hydrogen (secondary N) is 1. The van der Waals surface area contributed by atoms with Gasteiger partial charge in [0.15, 0.2) is 0 Å². The lowest BCUT2D eigenvalue weighted by atomic mass is 10.2. The molecular formula is C12H11NO6. The van der Waals surface area contributed by atoms with E-state index in [9.17, 15) is 19.5 Å². The van der Waals surface area contributed by atoms with Gasteiger partial charge in [-0.3, -0.25) is 4.79 Å². The summed E-state index contributed by atoms with van der Waals surface area (Å²) in [6.45, 7) is 0. The third kappa shape index (κ3) is 4.15. The van der Waals surface area contributed by atoms with Gasteiger partial charge in [-0.15, -0.1) is 0 Å². The highest BCUT2D eigenvalue weighted by Crippen LogP contribution is 2.22. The molecule has 7 nitrogen and oxygen atoms in total. The van der Waals surface area contributed by atoms with Crippen LogP contribution in [0.1, 0.15) is 10.4 Å². The minimum Gasteiger partial charge on any atom is -0.507 e. The number of amides is 1. The fourth-order valence-electron chi connectivity index (χ4n) is 1.22. The van der Waals surface area contributed by atoms with Crippen molar-refractivity contribution in [1.29, 1.82) is 0 Å². The molecule has 0 aromatic heterocycles. The van der Waals surface area contributed by atoms with Gasteiger partial charge in [0.05, 0.1) is 7.11 Å². The van der Waals surface area contributed by atoms with E-state index < -0.39 is 17.8 Å². The molecule has 19 heavy (non-hydrogen) atoms. The van der Waals surface area contributed by atoms with Gasteiger partial charge in [-0.05, 0) is 12.1 Å². The molecular weight excluding hydrogens is 254 g/mol. The molecule has 0 aliphatic carbocycles. The molecule has 0 fully saturated rings. The zero-order chi connectivity index (χ0) is 14.4. The maximum absolute atomic E-state index is 11.3. The molecule has 0 atom stereocenters. The highest BCUT2D eigenvalue weighted by molar-refractivity contribution is 6.02. The SMILES string of the molecule is COC(=O)c1ccc(NC(=O)/C=C/C(=O)O)cc1O. The number of ether oxygens (including phenoxy) is 1. The Morgan fingerprint density at radius 1 is 1.26 bits per heavy atom. The molecule has 1 rings (SSSR count). The van der Waals surface area contributed by atoms with Crippen LogP contribution in [-0.4, -0.2) is 35.2 Å². The van der Waals surface area contributed by atoms with Gasteiger partial charge in [-0.2, -0.15) is 0 Å². The Balaban J connectivity index is 2.82. The van der Waals surface area contributed by atoms with Crippen LogP contribution >= 0.6 is 0 Å². The Hall–Kier alpha value is -2.83. The van der Waals surface area contributed by atoms with Gasteiger partial charge in [-0.25, -0.2) is 9.59 Å². The van der Waals surface area contributed by atoms with Crippen molar-refractivity contribution < 1.29 is 29.3 Å². The number of carboxylic acid groups (broad SMARTS) is 1. The number of aromatic hydroxyl groups is 1. The summed E-state index contributed by atoms with van der Waals surface area (Å²) in [6, 6.07) is 3.80. The highest BCUT2D eigenvalue weighted by atomic mass is 16.5. The molecule has 1 amide bonds. The number of aliphatic carboxylic acids is 1. The zero-order valence-corrected chi connectivity index (χ0v) is 9.91. The zero-order valence-electron chi connectivity index (χ0n) is 9.91. The number of carbonyl (C=O) groups excluding carboxylic acids is 2. The minimum atomic E-state index is -1.25. The fourth-order valence-corrected chi connectivity index (χ4v) is 1.22. The van der Waals surface area contributed by atoms with E-state index in [4.69, 9.17) is 5.11 Å². The molecule has 0 unspecified atom stereocenters. The molecule has 0 saturated heterocycles. The van der Waals surface area contributed by atoms with Crippen molar-refractivity contribution in [3.05, 3.63) is 35.9 Å². The Morgan fingerprint density at radius 2 is 1.95 bits per heavy atom. The average molecular weight is 265 g/mol. The Labute approximate surface area is 108 Å². The van der Waals surface area contributed by atoms with Crippen LogP contribution in [0.3, 0.4) is 0 Å². The van der Waals surface area contributed by atoms with Crippen molar-refractivity contribution in [2.45, 2.75) is 0 Å². The molecule has 1 aromatic carbocycles. The van der Waals surface area contributed by atoms with Crippen molar-refractivity contribution in [3.63, 3.8) is 0 Å². The number of esters is 1. The van der Waals surface area contributed by atoms with Gasteiger partial charge in [-0.1, -0.05) is 0 Å². The number of rotatable bonds is 4. The maximum atomic E-state index is 11.3. The van der Waals surface area contributed by atoms with Gasteiger partial charge < -0.3 is 20.3 Å². The van der Waals surface area contributed by atoms with E-state index in [-0.39, 0.29) is 17.0 Å². The largest absolute Gasteiger partial charge is 0.507 e. The number of phenolic OH excluding ortho intramolecular Hbond substituents is 1. The molecule has 100 valence electrons. The third-order valence-electron chi connectivity index (χ3n) is 2.05. The minimum absolute atomic E-state index is 0.0402. The molecule has 0 radical (unpaired) electrons. The van der Waals surface area contributed by atoms with Crippen LogP contribution in [0, 0.1) is 0 Å². The van der Waals surface area contributed by atoms with Gasteiger partial charge in [0.2, 0.25) is 5.91 Å². The second-order valence-corrected chi connectivity index (χ2v) is 3.38. The Kier molecular flexibility index (Phi) is 4.64. The van der Waals surface area contributed by atoms with Crippen molar-refractivity contribution in [2.75, 3.05) is 12.4 Å². The van der Waals surface area contributed by atoms with Crippen molar-refractivity contribution >= 4 is 23.5 Å². The summed E-state index contributed by atoms with van der Waals surface area (Å²) < 4.78 is 4.44. The number of phenols is 1. The van der Waals surface area contributed by atoms with Crippen LogP contribution in [-0.2, 0) is 14.3 Å². The average Bonchev–Trinajstić information content (AvgIpc) is 2.35. The van der Waals surface area contributed by atoms with Gasteiger partial charge in [0.25, 0.3) is 0 Å². The topological polar surface area (TPSA) is 113 Å². The second kappa shape index (κ2) is 6.20. The summed E-state index contributed by atoms with van der Waals surface area (Å²) in [5.74, 6) is -2.99. The number of methoxy groups -OCH3 is 1. The molecule has 0 heterocycles. The first-order valence-electron chi connectivity index (χ1n) is 5.07. The molecule has 3 N–H and O–H groups in total. The van der Waals surface area contributed by atoms with Crippen molar-refractivity contribution in [2.24, 2.45) is 0 Å². The Bertz CT molecular complexity index is 549. The lowest BCUT2D eigenvalue weighted by Gasteiger charge is -2.06. The lowest BCUT2D eigenvalue weighted by Crippen LogP contribution is -2.09. The monoisotopic (exact) mass is 265 g/mol. The molecule has 0 spiro atoms. The normalized spacial score (nSPS) is 10.2. The summed E-state index contributed by atoms with van der Waals surface area (Å²) in [5, 5.41) is 20.2. The number of benzene rings is 1. The number of carbonyl (C=O) groups is 3. The summed E-state index contributed by atoms with van der Waals surface area (Å²) in [6.07, 6.45) is 1.51. The molecule has 0 saturated carbocycles. The summed E-state index contributed by atoms with van der Waals surface area (Å²) in [5.41, 5.74) is 0.173. The number of hydrogen-bond donors (Lipinski definition) is 3. The van der Waals surface area contributed by atoms with Crippen LogP contribution in [0.5, 0.6) is 5.75 Å². The van der Waals surface area contributed by atoms with E-state index in [1.165, 1.54) is 19.2 Å². The number of carboxylic acids is 1. The first kappa shape index (κ1) is 14.2. The van der Waals surface area contributed by atoms with Crippen LogP contribution < -0.4 is 5.32 Å². The predicted octanol–water partition coefficient (Wildman–Crippen LogP) is 0.758. The molecule has 0 aliphatic rings. The van der Waals surface area contributed by atoms with E-state index in [0.29, 0.717) is 6.08 Å². The molecule has 1 aromatic rings. The molecule has 0 bridgehead atoms. The van der Waals surface area contributed by atoms with Gasteiger partial charge in [0, 0.05) is 23.9 Å². The predicted molar refractivity (Wildman–Crippen MR) is 64.9 cm³/mol. The first-order chi connectivity index (χ1) is 8.93. The summed E-state index contributed by atoms with van der Waals surface area (Å²) in [7, 11) is 1.17. The van der Waals surface area contributed by atoms with Crippen LogP contribution in [0.4, 0.5) is 5.69 Å². The second-order valence-electron chi connectivity index (χ2n) is 3.38. The van der Waals surface area contributed by atoms with E-state index in [1.54, 1.807) is 0 Å². The quantitative estimate of drug-likeness (QED) is 0.547. The van der Waals surface area contributed by atoms with Crippen LogP contribution in [0.15, 0.2) is 30.4 Å². The maximum Gasteiger partial charge on any atom is 0.341 e. The van der Waals surface area contributed by atoms with E-state index >= 15 is 0 Å². The Morgan fingerprint density at radius 3 is 2.47 bits per heavy atom. The standard InChI is InChI=1S/C12H11NO6/c1-19-12(18)8-3-2-7(6-9(8)14)13-10(15)4-5-11(16)17/h2-6,14H,1H3,(H,13,15)(H,16,17)/b5-4+. The lowest BCUT2D eigenvalue weighted by molar-refractivity contribution is -0.131. The van der Waals surface area contributed by atoms with E-state index in [2.05, 4.69) is 10.1 Å². The van der Waals surface area contributed by atoms with Crippen molar-refractivity contribution in [1.82, 2.24) is 0 Å². The fraction of sp³-hybridized carbons (Fsp3) is 0.0833. The summed E-state index contributed by atoms with van der Waals surface area (Å²) in [4.78, 5) is 32.7. The van der Waals surface area contributed by atoms with Gasteiger partial charge >= 0.3 is 11.9 Å². The highest BCUT2D eigenvalue weighted by Gasteiger charge is 2.12. The van der Waals surface area contributed by atoms with Crippen LogP contribution in [0.2, 0.25) is 0 Å². The van der Waals surface area contributed by atoms with Crippen LogP contribution in [0.25, 0.3) is 0 Å². The van der Waals surface area contributed by atoms with E-state index in [1.807, 2.05) is 0 Å². The van der Waals surface area contributed by atoms with Crippen molar-refractivity contribution in [3.8, 4) is 5.75 Å². The summed E-state index contributed by atoms with van der Waals surface area (Å²) >= 11 is 0.